The molecular weight excluding hydrogens is 360 g/mol. The molecule has 2 N–H and O–H groups in total. The molecule has 7 nitrogen and oxygen atoms in total. The maximum atomic E-state index is 12.7. The number of hydrogen-bond acceptors (Lipinski definition) is 5. The molecule has 1 saturated carbocycles. The van der Waals surface area contributed by atoms with Crippen LogP contribution in [0.2, 0.25) is 0 Å². The second-order valence-corrected chi connectivity index (χ2v) is 8.11. The lowest BCUT2D eigenvalue weighted by molar-refractivity contribution is 0.0153. The van der Waals surface area contributed by atoms with Crippen LogP contribution in [-0.4, -0.2) is 48.9 Å². The fourth-order valence-corrected chi connectivity index (χ4v) is 2.96. The molecule has 0 heterocycles. The van der Waals surface area contributed by atoms with Crippen LogP contribution < -0.4 is 10.5 Å². The maximum absolute atomic E-state index is 12.7. The van der Waals surface area contributed by atoms with Crippen LogP contribution >= 0.6 is 0 Å². The van der Waals surface area contributed by atoms with Crippen molar-refractivity contribution in [3.8, 4) is 5.75 Å². The monoisotopic (exact) mass is 392 g/mol. The molecule has 0 aliphatic heterocycles. The molecule has 1 aliphatic carbocycles. The van der Waals surface area contributed by atoms with Crippen molar-refractivity contribution in [1.29, 1.82) is 0 Å². The van der Waals surface area contributed by atoms with Gasteiger partial charge in [0.2, 0.25) is 0 Å². The molecule has 0 saturated heterocycles. The predicted molar refractivity (Wildman–Crippen MR) is 106 cm³/mol. The zero-order valence-corrected chi connectivity index (χ0v) is 17.5. The first-order valence-electron chi connectivity index (χ1n) is 9.71. The van der Waals surface area contributed by atoms with Gasteiger partial charge in [-0.25, -0.2) is 4.79 Å². The van der Waals surface area contributed by atoms with Gasteiger partial charge in [-0.15, -0.1) is 0 Å². The van der Waals surface area contributed by atoms with Gasteiger partial charge in [-0.3, -0.25) is 9.69 Å². The number of rotatable bonds is 9. The van der Waals surface area contributed by atoms with E-state index in [1.165, 1.54) is 0 Å². The van der Waals surface area contributed by atoms with E-state index in [0.717, 1.165) is 18.4 Å². The van der Waals surface area contributed by atoms with E-state index < -0.39 is 11.5 Å². The summed E-state index contributed by atoms with van der Waals surface area (Å²) in [7, 11) is 1.63. The van der Waals surface area contributed by atoms with Crippen LogP contribution in [0.1, 0.15) is 68.9 Å². The number of nitrogens with two attached hydrogens (primary N) is 1. The van der Waals surface area contributed by atoms with Gasteiger partial charge in [-0.2, -0.15) is 0 Å². The average Bonchev–Trinajstić information content (AvgIpc) is 3.41. The van der Waals surface area contributed by atoms with E-state index in [4.69, 9.17) is 19.9 Å². The highest BCUT2D eigenvalue weighted by atomic mass is 16.6. The molecule has 0 radical (unpaired) electrons. The molecule has 28 heavy (non-hydrogen) atoms. The first-order valence-corrected chi connectivity index (χ1v) is 9.71. The van der Waals surface area contributed by atoms with E-state index in [1.54, 1.807) is 24.1 Å². The molecule has 1 aromatic carbocycles. The summed E-state index contributed by atoms with van der Waals surface area (Å²) in [6, 6.07) is 5.21. The van der Waals surface area contributed by atoms with Gasteiger partial charge in [0.05, 0.1) is 18.2 Å². The summed E-state index contributed by atoms with van der Waals surface area (Å²) in [5, 5.41) is 0. The number of benzene rings is 1. The summed E-state index contributed by atoms with van der Waals surface area (Å²) >= 11 is 0. The maximum Gasteiger partial charge on any atom is 0.411 e. The molecule has 1 unspecified atom stereocenters. The summed E-state index contributed by atoms with van der Waals surface area (Å²) in [4.78, 5) is 26.3. The Kier molecular flexibility index (Phi) is 7.29. The van der Waals surface area contributed by atoms with Gasteiger partial charge in [0.25, 0.3) is 5.91 Å². The highest BCUT2D eigenvalue weighted by Crippen LogP contribution is 2.37. The Balaban J connectivity index is 2.23. The standard InChI is InChI=1S/C21H32N2O5/c1-14(23(16-8-9-16)20(25)28-21(2,3)4)15-7-10-17(19(22)24)18(13-15)27-12-6-11-26-5/h7,10,13-14,16H,6,8-9,11-12H2,1-5H3,(H2,22,24). The number of nitrogens with zero attached hydrogens (tertiary/aromatic N) is 1. The number of amides is 2. The Morgan fingerprint density at radius 1 is 1.25 bits per heavy atom. The van der Waals surface area contributed by atoms with E-state index in [0.29, 0.717) is 30.9 Å². The number of hydrogen-bond donors (Lipinski definition) is 1. The van der Waals surface area contributed by atoms with Crippen molar-refractivity contribution in [1.82, 2.24) is 4.90 Å². The Bertz CT molecular complexity index is 695. The fraction of sp³-hybridized carbons (Fsp3) is 0.619. The van der Waals surface area contributed by atoms with E-state index in [9.17, 15) is 9.59 Å². The lowest BCUT2D eigenvalue weighted by Gasteiger charge is -2.32. The predicted octanol–water partition coefficient (Wildman–Crippen LogP) is 3.66. The topological polar surface area (TPSA) is 91.1 Å². The molecule has 1 atom stereocenters. The third kappa shape index (κ3) is 6.12. The van der Waals surface area contributed by atoms with Gasteiger partial charge < -0.3 is 19.9 Å². The van der Waals surface area contributed by atoms with E-state index in [2.05, 4.69) is 0 Å². The van der Waals surface area contributed by atoms with Crippen molar-refractivity contribution in [3.05, 3.63) is 29.3 Å². The Hall–Kier alpha value is -2.28. The second kappa shape index (κ2) is 9.28. The Labute approximate surface area is 167 Å². The number of carbonyl (C=O) groups is 2. The molecule has 0 spiro atoms. The van der Waals surface area contributed by atoms with E-state index in [-0.39, 0.29) is 18.2 Å². The third-order valence-electron chi connectivity index (χ3n) is 4.47. The first kappa shape index (κ1) is 22.0. The highest BCUT2D eigenvalue weighted by Gasteiger charge is 2.38. The molecule has 2 amide bonds. The number of carbonyl (C=O) groups excluding carboxylic acids is 2. The lowest BCUT2D eigenvalue weighted by atomic mass is 10.0. The van der Waals surface area contributed by atoms with Gasteiger partial charge in [-0.05, 0) is 58.2 Å². The van der Waals surface area contributed by atoms with Crippen molar-refractivity contribution in [2.75, 3.05) is 20.3 Å². The lowest BCUT2D eigenvalue weighted by Crippen LogP contribution is -2.39. The van der Waals surface area contributed by atoms with Gasteiger partial charge in [-0.1, -0.05) is 6.07 Å². The molecule has 7 heteroatoms. The van der Waals surface area contributed by atoms with Crippen LogP contribution in [0.15, 0.2) is 18.2 Å². The molecule has 0 aromatic heterocycles. The minimum atomic E-state index is -0.560. The minimum absolute atomic E-state index is 0.173. The van der Waals surface area contributed by atoms with Gasteiger partial charge in [0, 0.05) is 26.2 Å². The normalized spacial score (nSPS) is 15.0. The molecule has 1 aliphatic rings. The van der Waals surface area contributed by atoms with E-state index in [1.807, 2.05) is 33.8 Å². The van der Waals surface area contributed by atoms with Crippen molar-refractivity contribution < 1.29 is 23.8 Å². The summed E-state index contributed by atoms with van der Waals surface area (Å²) in [5.74, 6) is -0.125. The zero-order valence-electron chi connectivity index (χ0n) is 17.5. The van der Waals surface area contributed by atoms with Crippen LogP contribution in [-0.2, 0) is 9.47 Å². The zero-order chi connectivity index (χ0) is 20.9. The number of primary amides is 1. The van der Waals surface area contributed by atoms with Crippen LogP contribution in [0.25, 0.3) is 0 Å². The molecule has 1 aromatic rings. The molecular formula is C21H32N2O5. The van der Waals surface area contributed by atoms with Crippen molar-refractivity contribution in [3.63, 3.8) is 0 Å². The summed E-state index contributed by atoms with van der Waals surface area (Å²) in [6.07, 6.45) is 2.29. The molecule has 1 fully saturated rings. The van der Waals surface area contributed by atoms with Crippen molar-refractivity contribution in [2.45, 2.75) is 64.6 Å². The molecule has 2 rings (SSSR count). The van der Waals surface area contributed by atoms with Crippen LogP contribution in [0.4, 0.5) is 4.79 Å². The Morgan fingerprint density at radius 3 is 2.46 bits per heavy atom. The van der Waals surface area contributed by atoms with Crippen LogP contribution in [0, 0.1) is 0 Å². The third-order valence-corrected chi connectivity index (χ3v) is 4.47. The fourth-order valence-electron chi connectivity index (χ4n) is 2.96. The van der Waals surface area contributed by atoms with Crippen molar-refractivity contribution in [2.24, 2.45) is 5.73 Å². The first-order chi connectivity index (χ1) is 13.1. The summed E-state index contributed by atoms with van der Waals surface area (Å²) in [6.45, 7) is 8.49. The minimum Gasteiger partial charge on any atom is -0.493 e. The quantitative estimate of drug-likeness (QED) is 0.648. The molecule has 156 valence electrons. The van der Waals surface area contributed by atoms with Crippen molar-refractivity contribution >= 4 is 12.0 Å². The van der Waals surface area contributed by atoms with Gasteiger partial charge in [0.15, 0.2) is 0 Å². The Morgan fingerprint density at radius 2 is 1.93 bits per heavy atom. The number of methoxy groups -OCH3 is 1. The average molecular weight is 392 g/mol. The SMILES string of the molecule is COCCCOc1cc(C(C)N(C(=O)OC(C)(C)C)C2CC2)ccc1C(N)=O. The van der Waals surface area contributed by atoms with Gasteiger partial charge >= 0.3 is 6.09 Å². The molecule has 0 bridgehead atoms. The number of ether oxygens (including phenoxy) is 3. The summed E-state index contributed by atoms with van der Waals surface area (Å²) < 4.78 is 16.4. The van der Waals surface area contributed by atoms with E-state index >= 15 is 0 Å². The highest BCUT2D eigenvalue weighted by molar-refractivity contribution is 5.95. The second-order valence-electron chi connectivity index (χ2n) is 8.11. The summed E-state index contributed by atoms with van der Waals surface area (Å²) in [5.41, 5.74) is 6.11. The smallest absolute Gasteiger partial charge is 0.411 e. The van der Waals surface area contributed by atoms with Crippen LogP contribution in [0.5, 0.6) is 5.75 Å². The van der Waals surface area contributed by atoms with Gasteiger partial charge in [0.1, 0.15) is 11.4 Å². The largest absolute Gasteiger partial charge is 0.493 e. The van der Waals surface area contributed by atoms with Crippen LogP contribution in [0.3, 0.4) is 0 Å².